The maximum Gasteiger partial charge on any atom is 0.0642 e. The van der Waals surface area contributed by atoms with Crippen LogP contribution in [0.4, 0.5) is 0 Å². The fraction of sp³-hybridized carbons (Fsp3) is 0.778. The van der Waals surface area contributed by atoms with Gasteiger partial charge < -0.3 is 5.11 Å². The normalized spacial score (nSPS) is 79.1. The SMILES string of the molecule is OC1C2C=CC2C2C3C1C23. The third-order valence-electron chi connectivity index (χ3n) is 4.17. The van der Waals surface area contributed by atoms with Gasteiger partial charge in [-0.25, -0.2) is 0 Å². The molecule has 0 amide bonds. The molecule has 0 aromatic heterocycles. The average Bonchev–Trinajstić information content (AvgIpc) is 2.58. The first kappa shape index (κ1) is 4.55. The Morgan fingerprint density at radius 3 is 2.00 bits per heavy atom. The number of hydrogen-bond acceptors (Lipinski definition) is 1. The van der Waals surface area contributed by atoms with Gasteiger partial charge in [0.2, 0.25) is 0 Å². The van der Waals surface area contributed by atoms with Crippen LogP contribution in [0.5, 0.6) is 0 Å². The predicted molar refractivity (Wildman–Crippen MR) is 36.1 cm³/mol. The minimum absolute atomic E-state index is 0.0509. The monoisotopic (exact) mass is 134 g/mol. The molecule has 0 heterocycles. The molecule has 52 valence electrons. The van der Waals surface area contributed by atoms with Crippen LogP contribution in [-0.2, 0) is 0 Å². The van der Waals surface area contributed by atoms with E-state index in [4.69, 9.17) is 0 Å². The van der Waals surface area contributed by atoms with Gasteiger partial charge in [-0.3, -0.25) is 0 Å². The molecule has 1 heteroatoms. The molecule has 2 bridgehead atoms. The van der Waals surface area contributed by atoms with E-state index >= 15 is 0 Å². The second kappa shape index (κ2) is 1.00. The van der Waals surface area contributed by atoms with Crippen molar-refractivity contribution in [1.29, 1.82) is 0 Å². The van der Waals surface area contributed by atoms with E-state index in [1.165, 1.54) is 0 Å². The maximum absolute atomic E-state index is 9.68. The number of rotatable bonds is 0. The van der Waals surface area contributed by atoms with E-state index in [2.05, 4.69) is 12.2 Å². The van der Waals surface area contributed by atoms with Crippen molar-refractivity contribution in [3.63, 3.8) is 0 Å². The lowest BCUT2D eigenvalue weighted by molar-refractivity contribution is -0.00186. The lowest BCUT2D eigenvalue weighted by Crippen LogP contribution is -2.44. The van der Waals surface area contributed by atoms with Gasteiger partial charge >= 0.3 is 0 Å². The fourth-order valence-electron chi connectivity index (χ4n) is 3.46. The van der Waals surface area contributed by atoms with Crippen LogP contribution in [-0.4, -0.2) is 11.2 Å². The van der Waals surface area contributed by atoms with Crippen molar-refractivity contribution < 1.29 is 5.11 Å². The molecule has 4 saturated carbocycles. The third-order valence-corrected chi connectivity index (χ3v) is 4.17. The van der Waals surface area contributed by atoms with Crippen LogP contribution in [0.15, 0.2) is 12.2 Å². The van der Waals surface area contributed by atoms with Gasteiger partial charge in [-0.1, -0.05) is 12.2 Å². The molecule has 4 fully saturated rings. The molecule has 1 N–H and O–H groups in total. The summed E-state index contributed by atoms with van der Waals surface area (Å²) in [4.78, 5) is 0. The van der Waals surface area contributed by atoms with E-state index in [9.17, 15) is 5.11 Å². The number of hydrogen-bond donors (Lipinski definition) is 1. The highest BCUT2D eigenvalue weighted by atomic mass is 16.3. The van der Waals surface area contributed by atoms with Gasteiger partial charge in [0.25, 0.3) is 0 Å². The van der Waals surface area contributed by atoms with Crippen molar-refractivity contribution in [3.05, 3.63) is 12.2 Å². The van der Waals surface area contributed by atoms with Gasteiger partial charge in [-0.2, -0.15) is 0 Å². The zero-order chi connectivity index (χ0) is 6.46. The minimum Gasteiger partial charge on any atom is -0.392 e. The molecule has 0 spiro atoms. The van der Waals surface area contributed by atoms with E-state index in [1.54, 1.807) is 0 Å². The van der Waals surface area contributed by atoms with Gasteiger partial charge in [0.15, 0.2) is 0 Å². The molecule has 5 rings (SSSR count). The molecular weight excluding hydrogens is 124 g/mol. The van der Waals surface area contributed by atoms with Crippen molar-refractivity contribution in [2.24, 2.45) is 35.5 Å². The molecule has 0 aliphatic heterocycles. The molecule has 0 saturated heterocycles. The zero-order valence-corrected chi connectivity index (χ0v) is 5.64. The molecule has 1 nitrogen and oxygen atoms in total. The molecule has 0 radical (unpaired) electrons. The summed E-state index contributed by atoms with van der Waals surface area (Å²) in [7, 11) is 0. The van der Waals surface area contributed by atoms with Crippen LogP contribution in [0.1, 0.15) is 0 Å². The summed E-state index contributed by atoms with van der Waals surface area (Å²) in [5.74, 6) is 5.10. The van der Waals surface area contributed by atoms with Crippen molar-refractivity contribution in [1.82, 2.24) is 0 Å². The average molecular weight is 134 g/mol. The highest BCUT2D eigenvalue weighted by Gasteiger charge is 2.81. The van der Waals surface area contributed by atoms with Gasteiger partial charge in [0, 0.05) is 5.92 Å². The first-order chi connectivity index (χ1) is 4.89. The second-order valence-corrected chi connectivity index (χ2v) is 4.34. The highest BCUT2D eigenvalue weighted by Crippen LogP contribution is 2.82. The summed E-state index contributed by atoms with van der Waals surface area (Å²) in [5, 5.41) is 9.68. The Balaban J connectivity index is 1.83. The number of aliphatic hydroxyl groups is 1. The van der Waals surface area contributed by atoms with E-state index in [1.807, 2.05) is 0 Å². The van der Waals surface area contributed by atoms with Crippen LogP contribution >= 0.6 is 0 Å². The smallest absolute Gasteiger partial charge is 0.0642 e. The van der Waals surface area contributed by atoms with Crippen molar-refractivity contribution in [2.75, 3.05) is 0 Å². The Labute approximate surface area is 59.7 Å². The lowest BCUT2D eigenvalue weighted by Gasteiger charge is -2.43. The Hall–Kier alpha value is -0.300. The van der Waals surface area contributed by atoms with Crippen LogP contribution < -0.4 is 0 Å². The van der Waals surface area contributed by atoms with Crippen LogP contribution in [0.3, 0.4) is 0 Å². The third kappa shape index (κ3) is 0.257. The predicted octanol–water partition coefficient (Wildman–Crippen LogP) is 0.655. The molecule has 0 aromatic carbocycles. The molecule has 5 unspecified atom stereocenters. The Morgan fingerprint density at radius 2 is 1.50 bits per heavy atom. The Bertz CT molecular complexity index is 229. The Morgan fingerprint density at radius 1 is 0.800 bits per heavy atom. The van der Waals surface area contributed by atoms with E-state index in [0.717, 1.165) is 29.6 Å². The lowest BCUT2D eigenvalue weighted by atomic mass is 9.64. The second-order valence-electron chi connectivity index (χ2n) is 4.34. The van der Waals surface area contributed by atoms with E-state index in [0.29, 0.717) is 5.92 Å². The van der Waals surface area contributed by atoms with Crippen LogP contribution in [0.25, 0.3) is 0 Å². The van der Waals surface area contributed by atoms with Crippen molar-refractivity contribution in [3.8, 4) is 0 Å². The molecular formula is C9H10O. The molecule has 5 atom stereocenters. The summed E-state index contributed by atoms with van der Waals surface area (Å²) < 4.78 is 0. The summed E-state index contributed by atoms with van der Waals surface area (Å²) in [6.45, 7) is 0. The zero-order valence-electron chi connectivity index (χ0n) is 5.64. The summed E-state index contributed by atoms with van der Waals surface area (Å²) in [6.07, 6.45) is 4.56. The first-order valence-corrected chi connectivity index (χ1v) is 4.26. The van der Waals surface area contributed by atoms with E-state index in [-0.39, 0.29) is 6.10 Å². The Kier molecular flexibility index (Phi) is 0.456. The molecule has 5 aliphatic carbocycles. The van der Waals surface area contributed by atoms with Gasteiger partial charge in [0.1, 0.15) is 0 Å². The van der Waals surface area contributed by atoms with Gasteiger partial charge in [-0.15, -0.1) is 0 Å². The maximum atomic E-state index is 9.68. The van der Waals surface area contributed by atoms with Gasteiger partial charge in [0.05, 0.1) is 6.10 Å². The topological polar surface area (TPSA) is 20.2 Å². The fourth-order valence-corrected chi connectivity index (χ4v) is 3.46. The minimum atomic E-state index is 0.0509. The number of allylic oxidation sites excluding steroid dienone is 1. The summed E-state index contributed by atoms with van der Waals surface area (Å²) in [6, 6.07) is 0. The summed E-state index contributed by atoms with van der Waals surface area (Å²) in [5.41, 5.74) is 0. The van der Waals surface area contributed by atoms with E-state index < -0.39 is 0 Å². The molecule has 0 aromatic rings. The van der Waals surface area contributed by atoms with Crippen LogP contribution in [0, 0.1) is 35.5 Å². The number of aliphatic hydroxyl groups excluding tert-OH is 1. The highest BCUT2D eigenvalue weighted by molar-refractivity contribution is 5.35. The quantitative estimate of drug-likeness (QED) is 0.482. The molecule has 10 heavy (non-hydrogen) atoms. The van der Waals surface area contributed by atoms with Crippen molar-refractivity contribution >= 4 is 0 Å². The molecule has 5 aliphatic rings. The van der Waals surface area contributed by atoms with Crippen LogP contribution in [0.2, 0.25) is 0 Å². The standard InChI is InChI=1S/C9H10O/c10-9-4-2-1-3(4)5-6-7(5)8(6)9/h1-10H. The largest absolute Gasteiger partial charge is 0.392 e. The van der Waals surface area contributed by atoms with Crippen molar-refractivity contribution in [2.45, 2.75) is 6.10 Å². The first-order valence-electron chi connectivity index (χ1n) is 4.26. The summed E-state index contributed by atoms with van der Waals surface area (Å²) >= 11 is 0. The van der Waals surface area contributed by atoms with Gasteiger partial charge in [-0.05, 0) is 29.6 Å².